The van der Waals surface area contributed by atoms with Gasteiger partial charge in [0.1, 0.15) is 0 Å². The van der Waals surface area contributed by atoms with Crippen LogP contribution in [0.15, 0.2) is 0 Å². The van der Waals surface area contributed by atoms with Gasteiger partial charge in [-0.1, -0.05) is 6.42 Å². The molecule has 1 aliphatic carbocycles. The van der Waals surface area contributed by atoms with E-state index in [-0.39, 0.29) is 11.8 Å². The van der Waals surface area contributed by atoms with Crippen LogP contribution in [-0.4, -0.2) is 36.0 Å². The van der Waals surface area contributed by atoms with Gasteiger partial charge in [0.15, 0.2) is 0 Å². The second-order valence-corrected chi connectivity index (χ2v) is 4.26. The molecule has 6 nitrogen and oxygen atoms in total. The summed E-state index contributed by atoms with van der Waals surface area (Å²) < 4.78 is 0. The van der Waals surface area contributed by atoms with Gasteiger partial charge in [-0.05, 0) is 12.8 Å². The Balaban J connectivity index is 2.32. The highest BCUT2D eigenvalue weighted by atomic mass is 16.4. The van der Waals surface area contributed by atoms with Gasteiger partial charge in [0, 0.05) is 20.0 Å². The Morgan fingerprint density at radius 3 is 2.29 bits per heavy atom. The third-order valence-electron chi connectivity index (χ3n) is 2.97. The molecule has 3 N–H and O–H groups in total. The van der Waals surface area contributed by atoms with E-state index < -0.39 is 17.8 Å². The summed E-state index contributed by atoms with van der Waals surface area (Å²) in [6.45, 7) is 2.10. The van der Waals surface area contributed by atoms with Crippen LogP contribution in [0, 0.1) is 11.8 Å². The zero-order chi connectivity index (χ0) is 12.8. The summed E-state index contributed by atoms with van der Waals surface area (Å²) in [7, 11) is 0. The van der Waals surface area contributed by atoms with E-state index in [9.17, 15) is 14.4 Å². The van der Waals surface area contributed by atoms with Crippen LogP contribution < -0.4 is 10.6 Å². The number of hydrogen-bond acceptors (Lipinski definition) is 3. The first-order chi connectivity index (χ1) is 8.02. The topological polar surface area (TPSA) is 95.5 Å². The van der Waals surface area contributed by atoms with Gasteiger partial charge in [-0.25, -0.2) is 0 Å². The number of carbonyl (C=O) groups excluding carboxylic acids is 2. The number of hydrogen-bond donors (Lipinski definition) is 3. The van der Waals surface area contributed by atoms with E-state index in [1.807, 2.05) is 0 Å². The van der Waals surface area contributed by atoms with Crippen LogP contribution in [0.5, 0.6) is 0 Å². The molecule has 0 aromatic rings. The number of carboxylic acid groups (broad SMARTS) is 1. The van der Waals surface area contributed by atoms with Crippen LogP contribution in [0.2, 0.25) is 0 Å². The number of nitrogens with one attached hydrogen (secondary N) is 2. The van der Waals surface area contributed by atoms with Gasteiger partial charge in [0.05, 0.1) is 11.8 Å². The second-order valence-electron chi connectivity index (χ2n) is 4.26. The highest BCUT2D eigenvalue weighted by molar-refractivity contribution is 5.85. The Kier molecular flexibility index (Phi) is 4.93. The maximum Gasteiger partial charge on any atom is 0.307 e. The first kappa shape index (κ1) is 13.5. The van der Waals surface area contributed by atoms with Gasteiger partial charge >= 0.3 is 5.97 Å². The zero-order valence-corrected chi connectivity index (χ0v) is 9.86. The molecule has 1 rings (SSSR count). The van der Waals surface area contributed by atoms with E-state index in [2.05, 4.69) is 10.6 Å². The van der Waals surface area contributed by atoms with Crippen molar-refractivity contribution in [3.63, 3.8) is 0 Å². The minimum Gasteiger partial charge on any atom is -0.481 e. The highest BCUT2D eigenvalue weighted by Gasteiger charge is 2.37. The van der Waals surface area contributed by atoms with E-state index in [1.54, 1.807) is 0 Å². The van der Waals surface area contributed by atoms with Crippen molar-refractivity contribution in [1.29, 1.82) is 0 Å². The summed E-state index contributed by atoms with van der Waals surface area (Å²) in [4.78, 5) is 33.2. The molecule has 0 spiro atoms. The Morgan fingerprint density at radius 1 is 1.12 bits per heavy atom. The molecule has 2 amide bonds. The second kappa shape index (κ2) is 6.22. The summed E-state index contributed by atoms with van der Waals surface area (Å²) in [6.07, 6.45) is 1.98. The highest BCUT2D eigenvalue weighted by Crippen LogP contribution is 2.31. The van der Waals surface area contributed by atoms with Crippen molar-refractivity contribution in [3.05, 3.63) is 0 Å². The van der Waals surface area contributed by atoms with Crippen molar-refractivity contribution < 1.29 is 19.5 Å². The first-order valence-corrected chi connectivity index (χ1v) is 5.77. The lowest BCUT2D eigenvalue weighted by atomic mass is 9.95. The number of aliphatic carboxylic acids is 1. The van der Waals surface area contributed by atoms with Crippen molar-refractivity contribution in [2.24, 2.45) is 11.8 Å². The van der Waals surface area contributed by atoms with Gasteiger partial charge in [-0.2, -0.15) is 0 Å². The normalized spacial score (nSPS) is 23.1. The SMILES string of the molecule is CC(=O)NCCNC(=O)C1CCCC1C(=O)O. The Morgan fingerprint density at radius 2 is 1.71 bits per heavy atom. The summed E-state index contributed by atoms with van der Waals surface area (Å²) in [5, 5.41) is 14.1. The maximum absolute atomic E-state index is 11.7. The largest absolute Gasteiger partial charge is 0.481 e. The van der Waals surface area contributed by atoms with E-state index in [0.29, 0.717) is 25.9 Å². The molecule has 96 valence electrons. The van der Waals surface area contributed by atoms with Gasteiger partial charge < -0.3 is 15.7 Å². The van der Waals surface area contributed by atoms with Crippen LogP contribution in [0.1, 0.15) is 26.2 Å². The van der Waals surface area contributed by atoms with Crippen LogP contribution in [0.25, 0.3) is 0 Å². The fourth-order valence-corrected chi connectivity index (χ4v) is 2.12. The summed E-state index contributed by atoms with van der Waals surface area (Å²) in [5.74, 6) is -2.26. The lowest BCUT2D eigenvalue weighted by molar-refractivity contribution is -0.146. The van der Waals surface area contributed by atoms with Crippen LogP contribution in [0.4, 0.5) is 0 Å². The van der Waals surface area contributed by atoms with Crippen molar-refractivity contribution >= 4 is 17.8 Å². The molecule has 0 heterocycles. The molecule has 0 saturated heterocycles. The smallest absolute Gasteiger partial charge is 0.307 e. The molecule has 1 fully saturated rings. The fourth-order valence-electron chi connectivity index (χ4n) is 2.12. The number of amides is 2. The lowest BCUT2D eigenvalue weighted by Crippen LogP contribution is -2.39. The number of carboxylic acids is 1. The van der Waals surface area contributed by atoms with Crippen LogP contribution >= 0.6 is 0 Å². The van der Waals surface area contributed by atoms with Gasteiger partial charge in [-0.3, -0.25) is 14.4 Å². The fraction of sp³-hybridized carbons (Fsp3) is 0.727. The molecule has 0 radical (unpaired) electrons. The molecule has 1 saturated carbocycles. The number of carbonyl (C=O) groups is 3. The minimum absolute atomic E-state index is 0.150. The van der Waals surface area contributed by atoms with Crippen molar-refractivity contribution in [1.82, 2.24) is 10.6 Å². The Labute approximate surface area is 99.8 Å². The van der Waals surface area contributed by atoms with Gasteiger partial charge in [0.25, 0.3) is 0 Å². The quantitative estimate of drug-likeness (QED) is 0.579. The third-order valence-corrected chi connectivity index (χ3v) is 2.97. The van der Waals surface area contributed by atoms with Crippen molar-refractivity contribution in [3.8, 4) is 0 Å². The summed E-state index contributed by atoms with van der Waals surface area (Å²) in [5.41, 5.74) is 0. The van der Waals surface area contributed by atoms with E-state index in [1.165, 1.54) is 6.92 Å². The van der Waals surface area contributed by atoms with Crippen molar-refractivity contribution in [2.75, 3.05) is 13.1 Å². The Hall–Kier alpha value is -1.59. The first-order valence-electron chi connectivity index (χ1n) is 5.77. The van der Waals surface area contributed by atoms with Crippen LogP contribution in [-0.2, 0) is 14.4 Å². The monoisotopic (exact) mass is 242 g/mol. The molecule has 0 aromatic heterocycles. The molecular weight excluding hydrogens is 224 g/mol. The van der Waals surface area contributed by atoms with Crippen LogP contribution in [0.3, 0.4) is 0 Å². The molecule has 6 heteroatoms. The van der Waals surface area contributed by atoms with Crippen molar-refractivity contribution in [2.45, 2.75) is 26.2 Å². The maximum atomic E-state index is 11.7. The summed E-state index contributed by atoms with van der Waals surface area (Å²) in [6, 6.07) is 0. The molecule has 0 aromatic carbocycles. The molecule has 0 bridgehead atoms. The molecule has 2 atom stereocenters. The molecular formula is C11H18N2O4. The standard InChI is InChI=1S/C11H18N2O4/c1-7(14)12-5-6-13-10(15)8-3-2-4-9(8)11(16)17/h8-9H,2-6H2,1H3,(H,12,14)(H,13,15)(H,16,17). The minimum atomic E-state index is -0.899. The van der Waals surface area contributed by atoms with E-state index in [0.717, 1.165) is 6.42 Å². The average Bonchev–Trinajstić information content (AvgIpc) is 2.72. The molecule has 0 aliphatic heterocycles. The molecule has 2 unspecified atom stereocenters. The third kappa shape index (κ3) is 4.05. The van der Waals surface area contributed by atoms with Gasteiger partial charge in [0.2, 0.25) is 11.8 Å². The summed E-state index contributed by atoms with van der Waals surface area (Å²) >= 11 is 0. The Bertz CT molecular complexity index is 317. The zero-order valence-electron chi connectivity index (χ0n) is 9.86. The van der Waals surface area contributed by atoms with Gasteiger partial charge in [-0.15, -0.1) is 0 Å². The molecule has 17 heavy (non-hydrogen) atoms. The number of rotatable bonds is 5. The van der Waals surface area contributed by atoms with E-state index in [4.69, 9.17) is 5.11 Å². The predicted molar refractivity (Wildman–Crippen MR) is 60.2 cm³/mol. The molecule has 1 aliphatic rings. The lowest BCUT2D eigenvalue weighted by Gasteiger charge is -2.15. The van der Waals surface area contributed by atoms with E-state index >= 15 is 0 Å². The predicted octanol–water partition coefficient (Wildman–Crippen LogP) is -0.260. The average molecular weight is 242 g/mol.